The number of aromatic amines is 1. The molecule has 36 heavy (non-hydrogen) atoms. The quantitative estimate of drug-likeness (QED) is 0.256. The predicted molar refractivity (Wildman–Crippen MR) is 150 cm³/mol. The number of nitrogens with one attached hydrogen (secondary N) is 3. The van der Waals surface area contributed by atoms with Crippen molar-refractivity contribution in [2.45, 2.75) is 48.0 Å². The van der Waals surface area contributed by atoms with Gasteiger partial charge in [0, 0.05) is 62.2 Å². The third-order valence-corrected chi connectivity index (χ3v) is 6.26. The minimum absolute atomic E-state index is 0.0884. The van der Waals surface area contributed by atoms with Gasteiger partial charge in [-0.1, -0.05) is 39.8 Å². The Morgan fingerprint density at radius 2 is 1.97 bits per heavy atom. The number of pyridine rings is 1. The van der Waals surface area contributed by atoms with Gasteiger partial charge in [0.25, 0.3) is 5.91 Å². The molecule has 1 aromatic carbocycles. The number of hydrogen-bond acceptors (Lipinski definition) is 6. The van der Waals surface area contributed by atoms with E-state index in [2.05, 4.69) is 42.6 Å². The Bertz CT molecular complexity index is 1520. The van der Waals surface area contributed by atoms with Crippen molar-refractivity contribution in [1.29, 1.82) is 5.41 Å². The number of carbonyl (C=O) groups excluding carboxylic acids is 1. The average Bonchev–Trinajstić information content (AvgIpc) is 3.20. The molecule has 0 aliphatic heterocycles. The monoisotopic (exact) mass is 485 g/mol. The molecule has 0 saturated carbocycles. The first-order valence-corrected chi connectivity index (χ1v) is 11.8. The van der Waals surface area contributed by atoms with E-state index >= 15 is 0 Å². The Morgan fingerprint density at radius 3 is 2.56 bits per heavy atom. The second-order valence-corrected chi connectivity index (χ2v) is 9.81. The van der Waals surface area contributed by atoms with Crippen LogP contribution in [0, 0.1) is 10.8 Å². The van der Waals surface area contributed by atoms with Gasteiger partial charge < -0.3 is 27.2 Å². The lowest BCUT2D eigenvalue weighted by Crippen LogP contribution is -2.32. The number of nitrogens with two attached hydrogens (primary N) is 2. The second-order valence-electron chi connectivity index (χ2n) is 9.81. The van der Waals surface area contributed by atoms with Crippen molar-refractivity contribution >= 4 is 51.5 Å². The summed E-state index contributed by atoms with van der Waals surface area (Å²) in [5.74, 6) is -0.0810. The van der Waals surface area contributed by atoms with Gasteiger partial charge in [-0.3, -0.25) is 4.79 Å². The van der Waals surface area contributed by atoms with Crippen molar-refractivity contribution in [2.75, 3.05) is 11.1 Å². The van der Waals surface area contributed by atoms with Crippen LogP contribution in [-0.4, -0.2) is 27.8 Å². The van der Waals surface area contributed by atoms with Crippen LogP contribution in [0.25, 0.3) is 22.2 Å². The summed E-state index contributed by atoms with van der Waals surface area (Å²) in [6.45, 7) is 16.1. The number of hydrogen-bond donors (Lipinski definition) is 5. The summed E-state index contributed by atoms with van der Waals surface area (Å²) < 4.78 is 0. The molecule has 0 atom stereocenters. The van der Waals surface area contributed by atoms with Crippen LogP contribution in [0.3, 0.4) is 0 Å². The highest BCUT2D eigenvalue weighted by atomic mass is 16.1. The first kappa shape index (κ1) is 26.4. The highest BCUT2D eigenvalue weighted by molar-refractivity contribution is 6.17. The van der Waals surface area contributed by atoms with Crippen LogP contribution < -0.4 is 27.4 Å². The molecular weight excluding hydrogens is 450 g/mol. The van der Waals surface area contributed by atoms with Gasteiger partial charge in [0.05, 0.1) is 5.35 Å². The number of H-pyrrole nitrogens is 1. The van der Waals surface area contributed by atoms with Gasteiger partial charge in [0.1, 0.15) is 5.82 Å². The van der Waals surface area contributed by atoms with Gasteiger partial charge in [-0.15, -0.1) is 0 Å². The molecule has 1 amide bonds. The third kappa shape index (κ3) is 5.07. The number of aliphatic imine (C=N–C) groups is 1. The Kier molecular flexibility index (Phi) is 7.48. The second kappa shape index (κ2) is 10.2. The van der Waals surface area contributed by atoms with E-state index in [-0.39, 0.29) is 11.1 Å². The molecule has 0 radical (unpaired) electrons. The molecule has 0 aliphatic carbocycles. The summed E-state index contributed by atoms with van der Waals surface area (Å²) in [5.41, 5.74) is 16.9. The van der Waals surface area contributed by atoms with Crippen molar-refractivity contribution in [3.8, 4) is 0 Å². The minimum atomic E-state index is -0.673. The SMILES string of the molecule is C=C(Nc1ncccc1C(C)=N/C(C(N)=O)=c1/[nH]c2ccc(N)c(C=N)c2/c1=C(/C)CC)C(C)(C)C. The first-order valence-electron chi connectivity index (χ1n) is 11.8. The fourth-order valence-corrected chi connectivity index (χ4v) is 3.86. The Labute approximate surface area is 211 Å². The standard InChI is InChI=1S/C28H35N7O/c1-8-15(2)22-23-19(14-29)20(30)11-12-21(23)35-24(22)25(26(31)36)33-16(3)18-10-9-13-32-27(18)34-17(4)28(5,6)7/h9-14,29,35H,4,8,30H2,1-3,5-7H3,(H2,31,36)(H,32,34)/b22-15+,25-24+,29-14?,33-16?. The highest BCUT2D eigenvalue weighted by Crippen LogP contribution is 2.26. The maximum Gasteiger partial charge on any atom is 0.269 e. The molecular formula is C28H35N7O. The molecule has 0 spiro atoms. The van der Waals surface area contributed by atoms with Gasteiger partial charge in [-0.2, -0.15) is 0 Å². The third-order valence-electron chi connectivity index (χ3n) is 6.26. The molecule has 8 heteroatoms. The number of fused-ring (bicyclic) bond motifs is 1. The number of amides is 1. The summed E-state index contributed by atoms with van der Waals surface area (Å²) >= 11 is 0. The number of rotatable bonds is 7. The molecule has 188 valence electrons. The van der Waals surface area contributed by atoms with E-state index in [1.165, 1.54) is 6.21 Å². The summed E-state index contributed by atoms with van der Waals surface area (Å²) in [7, 11) is 0. The average molecular weight is 486 g/mol. The molecule has 7 N–H and O–H groups in total. The number of nitrogen functional groups attached to an aromatic ring is 1. The van der Waals surface area contributed by atoms with E-state index in [1.54, 1.807) is 12.3 Å². The molecule has 0 unspecified atom stereocenters. The molecule has 0 saturated heterocycles. The lowest BCUT2D eigenvalue weighted by Gasteiger charge is -2.23. The van der Waals surface area contributed by atoms with Crippen LogP contribution in [-0.2, 0) is 4.79 Å². The molecule has 0 fully saturated rings. The van der Waals surface area contributed by atoms with Gasteiger partial charge in [-0.05, 0) is 44.5 Å². The van der Waals surface area contributed by atoms with E-state index in [4.69, 9.17) is 21.9 Å². The van der Waals surface area contributed by atoms with Gasteiger partial charge in [-0.25, -0.2) is 9.98 Å². The Hall–Kier alpha value is -4.20. The largest absolute Gasteiger partial charge is 0.398 e. The van der Waals surface area contributed by atoms with Gasteiger partial charge in [0.2, 0.25) is 0 Å². The number of allylic oxidation sites excluding steroid dienone is 1. The zero-order chi connectivity index (χ0) is 26.8. The Balaban J connectivity index is 2.38. The first-order chi connectivity index (χ1) is 16.9. The smallest absolute Gasteiger partial charge is 0.269 e. The number of aromatic nitrogens is 2. The number of nitrogens with zero attached hydrogens (tertiary/aromatic N) is 2. The van der Waals surface area contributed by atoms with Crippen LogP contribution >= 0.6 is 0 Å². The van der Waals surface area contributed by atoms with Crippen molar-refractivity contribution < 1.29 is 4.79 Å². The van der Waals surface area contributed by atoms with Gasteiger partial charge in [0.15, 0.2) is 5.70 Å². The molecule has 0 bridgehead atoms. The fourth-order valence-electron chi connectivity index (χ4n) is 3.86. The summed E-state index contributed by atoms with van der Waals surface area (Å²) in [6, 6.07) is 7.27. The van der Waals surface area contributed by atoms with Crippen LogP contribution in [0.5, 0.6) is 0 Å². The normalized spacial score (nSPS) is 13.9. The highest BCUT2D eigenvalue weighted by Gasteiger charge is 2.19. The van der Waals surface area contributed by atoms with E-state index in [0.29, 0.717) is 28.1 Å². The van der Waals surface area contributed by atoms with Crippen LogP contribution in [0.15, 0.2) is 47.7 Å². The van der Waals surface area contributed by atoms with Crippen molar-refractivity contribution in [2.24, 2.45) is 16.1 Å². The van der Waals surface area contributed by atoms with E-state index in [1.807, 2.05) is 39.0 Å². The van der Waals surface area contributed by atoms with Crippen LogP contribution in [0.2, 0.25) is 0 Å². The zero-order valence-electron chi connectivity index (χ0n) is 21.8. The fraction of sp³-hybridized carbons (Fsp3) is 0.286. The molecule has 8 nitrogen and oxygen atoms in total. The van der Waals surface area contributed by atoms with E-state index < -0.39 is 5.91 Å². The molecule has 3 rings (SSSR count). The lowest BCUT2D eigenvalue weighted by atomic mass is 9.93. The maximum absolute atomic E-state index is 12.8. The number of carbonyl (C=O) groups is 1. The van der Waals surface area contributed by atoms with Gasteiger partial charge >= 0.3 is 0 Å². The lowest BCUT2D eigenvalue weighted by molar-refractivity contribution is -0.113. The molecule has 3 aromatic rings. The molecule has 2 heterocycles. The van der Waals surface area contributed by atoms with Crippen LogP contribution in [0.1, 0.15) is 59.1 Å². The summed E-state index contributed by atoms with van der Waals surface area (Å²) in [5, 5.41) is 13.3. The molecule has 2 aromatic heterocycles. The van der Waals surface area contributed by atoms with E-state index in [0.717, 1.165) is 39.4 Å². The number of anilines is 2. The van der Waals surface area contributed by atoms with E-state index in [9.17, 15) is 4.79 Å². The predicted octanol–water partition coefficient (Wildman–Crippen LogP) is 3.80. The zero-order valence-corrected chi connectivity index (χ0v) is 21.8. The maximum atomic E-state index is 12.8. The summed E-state index contributed by atoms with van der Waals surface area (Å²) in [4.78, 5) is 25.3. The Morgan fingerprint density at radius 1 is 1.28 bits per heavy atom. The van der Waals surface area contributed by atoms with Crippen LogP contribution in [0.4, 0.5) is 11.5 Å². The molecule has 0 aliphatic rings. The topological polar surface area (TPSA) is 146 Å². The van der Waals surface area contributed by atoms with Crippen molar-refractivity contribution in [3.63, 3.8) is 0 Å². The number of benzene rings is 1. The van der Waals surface area contributed by atoms with Crippen molar-refractivity contribution in [3.05, 3.63) is 64.4 Å². The number of primary amides is 1. The minimum Gasteiger partial charge on any atom is -0.398 e. The summed E-state index contributed by atoms with van der Waals surface area (Å²) in [6.07, 6.45) is 3.65. The van der Waals surface area contributed by atoms with Crippen molar-refractivity contribution in [1.82, 2.24) is 9.97 Å².